The number of rotatable bonds is 9. The van der Waals surface area contributed by atoms with E-state index in [0.717, 1.165) is 11.3 Å². The first-order chi connectivity index (χ1) is 14.8. The molecule has 31 heavy (non-hydrogen) atoms. The Bertz CT molecular complexity index is 977. The predicted octanol–water partition coefficient (Wildman–Crippen LogP) is 4.53. The van der Waals surface area contributed by atoms with E-state index in [2.05, 4.69) is 48.1 Å². The number of benzene rings is 2. The van der Waals surface area contributed by atoms with Gasteiger partial charge in [0.05, 0.1) is 19.3 Å². The highest BCUT2D eigenvalue weighted by Gasteiger charge is 2.18. The summed E-state index contributed by atoms with van der Waals surface area (Å²) in [6.45, 7) is 11.8. The van der Waals surface area contributed by atoms with Gasteiger partial charge in [-0.25, -0.2) is 4.98 Å². The summed E-state index contributed by atoms with van der Waals surface area (Å²) >= 11 is 0. The van der Waals surface area contributed by atoms with Crippen molar-refractivity contribution >= 4 is 0 Å². The summed E-state index contributed by atoms with van der Waals surface area (Å²) in [6, 6.07) is 13.3. The Morgan fingerprint density at radius 1 is 0.935 bits per heavy atom. The van der Waals surface area contributed by atoms with Crippen LogP contribution in [0.3, 0.4) is 0 Å². The van der Waals surface area contributed by atoms with E-state index in [0.29, 0.717) is 36.4 Å². The molecule has 0 aliphatic rings. The number of aromatic nitrogens is 3. The second-order valence-electron chi connectivity index (χ2n) is 8.25. The molecule has 1 aromatic heterocycles. The van der Waals surface area contributed by atoms with E-state index >= 15 is 0 Å². The Kier molecular flexibility index (Phi) is 7.17. The lowest BCUT2D eigenvalue weighted by Gasteiger charge is -2.19. The van der Waals surface area contributed by atoms with Crippen LogP contribution in [0.25, 0.3) is 0 Å². The summed E-state index contributed by atoms with van der Waals surface area (Å²) in [4.78, 5) is 4.50. The zero-order valence-corrected chi connectivity index (χ0v) is 18.9. The molecule has 0 saturated carbocycles. The molecule has 0 fully saturated rings. The van der Waals surface area contributed by atoms with E-state index in [1.807, 2.05) is 44.2 Å². The Labute approximate surface area is 183 Å². The van der Waals surface area contributed by atoms with Crippen molar-refractivity contribution in [2.24, 2.45) is 5.73 Å². The largest absolute Gasteiger partial charge is 0.490 e. The zero-order valence-electron chi connectivity index (χ0n) is 18.9. The third kappa shape index (κ3) is 5.76. The van der Waals surface area contributed by atoms with Crippen LogP contribution in [-0.2, 0) is 12.0 Å². The number of aromatic amines is 1. The van der Waals surface area contributed by atoms with Gasteiger partial charge in [0, 0.05) is 0 Å². The van der Waals surface area contributed by atoms with Crippen LogP contribution >= 0.6 is 0 Å². The van der Waals surface area contributed by atoms with E-state index in [9.17, 15) is 0 Å². The molecule has 1 heterocycles. The molecule has 3 aromatic rings. The third-order valence-corrected chi connectivity index (χ3v) is 4.85. The van der Waals surface area contributed by atoms with Crippen molar-refractivity contribution in [2.45, 2.75) is 52.7 Å². The minimum absolute atomic E-state index is 0.109. The Hall–Kier alpha value is -3.06. The first kappa shape index (κ1) is 22.6. The number of nitrogens with one attached hydrogen (secondary N) is 1. The van der Waals surface area contributed by atoms with Crippen LogP contribution in [0.2, 0.25) is 0 Å². The Morgan fingerprint density at radius 2 is 1.61 bits per heavy atom. The van der Waals surface area contributed by atoms with Crippen molar-refractivity contribution in [1.82, 2.24) is 15.2 Å². The molecule has 0 saturated heterocycles. The topological polar surface area (TPSA) is 95.3 Å². The molecule has 3 rings (SSSR count). The molecular weight excluding hydrogens is 392 g/mol. The summed E-state index contributed by atoms with van der Waals surface area (Å²) in [5.41, 5.74) is 8.61. The van der Waals surface area contributed by atoms with Crippen LogP contribution in [0, 0.1) is 0 Å². The van der Waals surface area contributed by atoms with Crippen molar-refractivity contribution in [1.29, 1.82) is 0 Å². The fourth-order valence-corrected chi connectivity index (χ4v) is 3.13. The molecule has 7 nitrogen and oxygen atoms in total. The lowest BCUT2D eigenvalue weighted by Crippen LogP contribution is -2.14. The molecule has 7 heteroatoms. The Morgan fingerprint density at radius 3 is 2.26 bits per heavy atom. The van der Waals surface area contributed by atoms with E-state index < -0.39 is 6.04 Å². The minimum atomic E-state index is -0.494. The van der Waals surface area contributed by atoms with Gasteiger partial charge in [-0.1, -0.05) is 39.0 Å². The fourth-order valence-electron chi connectivity index (χ4n) is 3.13. The number of nitrogens with zero attached hydrogens (tertiary/aromatic N) is 2. The molecule has 0 unspecified atom stereocenters. The van der Waals surface area contributed by atoms with Crippen LogP contribution in [-0.4, -0.2) is 28.4 Å². The summed E-state index contributed by atoms with van der Waals surface area (Å²) in [6.07, 6.45) is 0. The van der Waals surface area contributed by atoms with Gasteiger partial charge in [0.2, 0.25) is 0 Å². The van der Waals surface area contributed by atoms with Gasteiger partial charge in [-0.2, -0.15) is 5.10 Å². The molecule has 0 aliphatic heterocycles. The van der Waals surface area contributed by atoms with Gasteiger partial charge in [0.25, 0.3) is 0 Å². The Balaban J connectivity index is 1.66. The average molecular weight is 425 g/mol. The number of H-pyrrole nitrogens is 1. The number of ether oxygens (including phenoxy) is 3. The van der Waals surface area contributed by atoms with Gasteiger partial charge in [-0.05, 0) is 54.7 Å². The number of nitrogens with two attached hydrogens (primary N) is 1. The third-order valence-electron chi connectivity index (χ3n) is 4.85. The van der Waals surface area contributed by atoms with Crippen molar-refractivity contribution in [3.8, 4) is 17.2 Å². The maximum Gasteiger partial charge on any atom is 0.172 e. The summed E-state index contributed by atoms with van der Waals surface area (Å²) in [7, 11) is 0. The van der Waals surface area contributed by atoms with E-state index in [1.165, 1.54) is 5.56 Å². The van der Waals surface area contributed by atoms with Crippen LogP contribution in [0.1, 0.15) is 63.4 Å². The van der Waals surface area contributed by atoms with Gasteiger partial charge >= 0.3 is 0 Å². The van der Waals surface area contributed by atoms with Crippen LogP contribution < -0.4 is 19.9 Å². The second kappa shape index (κ2) is 9.83. The zero-order chi connectivity index (χ0) is 22.4. The molecule has 166 valence electrons. The summed E-state index contributed by atoms with van der Waals surface area (Å²) in [5.74, 6) is 3.25. The van der Waals surface area contributed by atoms with Crippen LogP contribution in [0.4, 0.5) is 0 Å². The van der Waals surface area contributed by atoms with Gasteiger partial charge in [-0.3, -0.25) is 5.10 Å². The number of hydrogen-bond donors (Lipinski definition) is 2. The smallest absolute Gasteiger partial charge is 0.172 e. The highest BCUT2D eigenvalue weighted by Crippen LogP contribution is 2.31. The van der Waals surface area contributed by atoms with Gasteiger partial charge in [0.1, 0.15) is 12.4 Å². The molecule has 3 N–H and O–H groups in total. The van der Waals surface area contributed by atoms with E-state index in [4.69, 9.17) is 19.9 Å². The molecule has 0 amide bonds. The van der Waals surface area contributed by atoms with Gasteiger partial charge in [-0.15, -0.1) is 0 Å². The molecule has 2 aromatic carbocycles. The van der Waals surface area contributed by atoms with E-state index in [1.54, 1.807) is 0 Å². The summed E-state index contributed by atoms with van der Waals surface area (Å²) in [5, 5.41) is 7.18. The second-order valence-corrected chi connectivity index (χ2v) is 8.25. The van der Waals surface area contributed by atoms with Crippen LogP contribution in [0.5, 0.6) is 17.2 Å². The lowest BCUT2D eigenvalue weighted by atomic mass is 9.87. The fraction of sp³-hybridized carbons (Fsp3) is 0.417. The molecule has 0 aliphatic carbocycles. The normalized spacial score (nSPS) is 12.5. The predicted molar refractivity (Wildman–Crippen MR) is 121 cm³/mol. The molecule has 1 atom stereocenters. The van der Waals surface area contributed by atoms with E-state index in [-0.39, 0.29) is 12.0 Å². The molecule has 0 radical (unpaired) electrons. The first-order valence-electron chi connectivity index (χ1n) is 10.6. The minimum Gasteiger partial charge on any atom is -0.490 e. The highest BCUT2D eigenvalue weighted by molar-refractivity contribution is 5.45. The maximum atomic E-state index is 6.40. The molecular formula is C24H32N4O3. The lowest BCUT2D eigenvalue weighted by molar-refractivity contribution is 0.287. The summed E-state index contributed by atoms with van der Waals surface area (Å²) < 4.78 is 17.1. The number of hydrogen-bond acceptors (Lipinski definition) is 6. The quantitative estimate of drug-likeness (QED) is 0.524. The van der Waals surface area contributed by atoms with Crippen LogP contribution in [0.15, 0.2) is 42.5 Å². The molecule has 0 bridgehead atoms. The SMILES string of the molecule is CCOc1ccc([C@H](N)c2n[nH]c(COc3ccc(C(C)(C)C)cc3)n2)cc1OCC. The highest BCUT2D eigenvalue weighted by atomic mass is 16.5. The monoisotopic (exact) mass is 424 g/mol. The van der Waals surface area contributed by atoms with Crippen molar-refractivity contribution in [3.05, 3.63) is 65.2 Å². The van der Waals surface area contributed by atoms with Crippen molar-refractivity contribution in [3.63, 3.8) is 0 Å². The average Bonchev–Trinajstić information content (AvgIpc) is 3.22. The van der Waals surface area contributed by atoms with Crippen molar-refractivity contribution in [2.75, 3.05) is 13.2 Å². The van der Waals surface area contributed by atoms with Gasteiger partial charge in [0.15, 0.2) is 23.1 Å². The van der Waals surface area contributed by atoms with Gasteiger partial charge < -0.3 is 19.9 Å². The molecule has 0 spiro atoms. The maximum absolute atomic E-state index is 6.40. The van der Waals surface area contributed by atoms with Crippen molar-refractivity contribution < 1.29 is 14.2 Å². The first-order valence-corrected chi connectivity index (χ1v) is 10.6. The standard InChI is InChI=1S/C24H32N4O3/c1-6-29-19-13-8-16(14-20(19)30-7-2)22(25)23-26-21(27-28-23)15-31-18-11-9-17(10-12-18)24(3,4)5/h8-14,22H,6-7,15,25H2,1-5H3,(H,26,27,28)/t22-/m0/s1.